The first-order valence-corrected chi connectivity index (χ1v) is 7.47. The second kappa shape index (κ2) is 4.18. The lowest BCUT2D eigenvalue weighted by atomic mass is 9.49. The van der Waals surface area contributed by atoms with Crippen molar-refractivity contribution in [2.45, 2.75) is 26.7 Å². The van der Waals surface area contributed by atoms with Crippen LogP contribution in [0.5, 0.6) is 11.5 Å². The van der Waals surface area contributed by atoms with Crippen LogP contribution in [0.2, 0.25) is 0 Å². The Bertz CT molecular complexity index is 576. The number of allylic oxidation sites excluding steroid dienone is 1. The van der Waals surface area contributed by atoms with Gasteiger partial charge < -0.3 is 14.8 Å². The predicted molar refractivity (Wildman–Crippen MR) is 79.1 cm³/mol. The molecule has 3 heteroatoms. The number of benzene rings is 1. The Balaban J connectivity index is 1.45. The highest BCUT2D eigenvalue weighted by molar-refractivity contribution is 5.56. The van der Waals surface area contributed by atoms with Crippen LogP contribution in [0.15, 0.2) is 29.8 Å². The number of hydrogen-bond donors (Lipinski definition) is 1. The van der Waals surface area contributed by atoms with Gasteiger partial charge in [0.2, 0.25) is 6.79 Å². The zero-order valence-electron chi connectivity index (χ0n) is 12.1. The van der Waals surface area contributed by atoms with Crippen molar-refractivity contribution >= 4 is 5.69 Å². The Morgan fingerprint density at radius 2 is 2.10 bits per heavy atom. The molecular weight excluding hydrogens is 250 g/mol. The molecule has 0 saturated heterocycles. The third-order valence-electron chi connectivity index (χ3n) is 5.45. The van der Waals surface area contributed by atoms with Crippen molar-refractivity contribution in [1.82, 2.24) is 0 Å². The van der Waals surface area contributed by atoms with E-state index in [1.807, 2.05) is 12.1 Å². The molecule has 3 aliphatic carbocycles. The first-order valence-electron chi connectivity index (χ1n) is 7.47. The first kappa shape index (κ1) is 12.1. The molecule has 2 atom stereocenters. The van der Waals surface area contributed by atoms with E-state index in [1.54, 1.807) is 5.57 Å². The maximum atomic E-state index is 5.42. The van der Waals surface area contributed by atoms with E-state index in [9.17, 15) is 0 Å². The van der Waals surface area contributed by atoms with Gasteiger partial charge in [0.1, 0.15) is 0 Å². The summed E-state index contributed by atoms with van der Waals surface area (Å²) in [7, 11) is 0. The minimum atomic E-state index is 0.335. The van der Waals surface area contributed by atoms with E-state index >= 15 is 0 Å². The number of fused-ring (bicyclic) bond motifs is 2. The molecule has 1 saturated carbocycles. The zero-order valence-corrected chi connectivity index (χ0v) is 12.1. The minimum Gasteiger partial charge on any atom is -0.454 e. The van der Waals surface area contributed by atoms with Gasteiger partial charge in [-0.05, 0) is 42.2 Å². The van der Waals surface area contributed by atoms with Gasteiger partial charge >= 0.3 is 0 Å². The van der Waals surface area contributed by atoms with Gasteiger partial charge in [-0.2, -0.15) is 0 Å². The smallest absolute Gasteiger partial charge is 0.231 e. The van der Waals surface area contributed by atoms with Crippen molar-refractivity contribution in [3.63, 3.8) is 0 Å². The van der Waals surface area contributed by atoms with Gasteiger partial charge in [-0.15, -0.1) is 0 Å². The Morgan fingerprint density at radius 3 is 2.90 bits per heavy atom. The number of nitrogens with one attached hydrogen (secondary N) is 1. The van der Waals surface area contributed by atoms with Crippen LogP contribution in [0.25, 0.3) is 0 Å². The van der Waals surface area contributed by atoms with Crippen LogP contribution < -0.4 is 14.8 Å². The summed E-state index contributed by atoms with van der Waals surface area (Å²) in [5, 5.41) is 3.53. The summed E-state index contributed by atoms with van der Waals surface area (Å²) in [6.07, 6.45) is 5.08. The normalized spacial score (nSPS) is 28.6. The van der Waals surface area contributed by atoms with E-state index in [0.717, 1.165) is 35.6 Å². The van der Waals surface area contributed by atoms with Gasteiger partial charge in [-0.3, -0.25) is 0 Å². The molecule has 0 radical (unpaired) electrons. The van der Waals surface area contributed by atoms with Crippen molar-refractivity contribution in [2.75, 3.05) is 18.7 Å². The Hall–Kier alpha value is -1.64. The molecule has 0 unspecified atom stereocenters. The Kier molecular flexibility index (Phi) is 2.53. The molecule has 1 aromatic carbocycles. The highest BCUT2D eigenvalue weighted by Crippen LogP contribution is 2.59. The molecule has 5 rings (SSSR count). The van der Waals surface area contributed by atoms with E-state index in [-0.39, 0.29) is 0 Å². The lowest BCUT2D eigenvalue weighted by Gasteiger charge is -2.56. The lowest BCUT2D eigenvalue weighted by molar-refractivity contribution is -0.00629. The Morgan fingerprint density at radius 1 is 1.25 bits per heavy atom. The maximum absolute atomic E-state index is 5.42. The maximum Gasteiger partial charge on any atom is 0.231 e. The number of rotatable bonds is 3. The summed E-state index contributed by atoms with van der Waals surface area (Å²) in [4.78, 5) is 0. The summed E-state index contributed by atoms with van der Waals surface area (Å²) in [6.45, 7) is 6.11. The monoisotopic (exact) mass is 271 g/mol. The molecule has 1 heterocycles. The molecule has 1 aliphatic heterocycles. The third-order valence-corrected chi connectivity index (χ3v) is 5.45. The van der Waals surface area contributed by atoms with Crippen molar-refractivity contribution < 1.29 is 9.47 Å². The predicted octanol–water partition coefficient (Wildman–Crippen LogP) is 3.82. The van der Waals surface area contributed by atoms with Crippen LogP contribution in [-0.4, -0.2) is 13.3 Å². The lowest BCUT2D eigenvalue weighted by Crippen LogP contribution is -2.49. The number of ether oxygens (including phenoxy) is 2. The second-order valence-electron chi connectivity index (χ2n) is 6.74. The highest BCUT2D eigenvalue weighted by Gasteiger charge is 2.50. The van der Waals surface area contributed by atoms with Crippen LogP contribution in [0, 0.1) is 17.3 Å². The molecule has 0 spiro atoms. The molecular formula is C17H21NO2. The van der Waals surface area contributed by atoms with Crippen LogP contribution in [-0.2, 0) is 0 Å². The largest absolute Gasteiger partial charge is 0.454 e. The number of anilines is 1. The van der Waals surface area contributed by atoms with Crippen molar-refractivity contribution in [3.8, 4) is 11.5 Å². The molecule has 1 aromatic rings. The van der Waals surface area contributed by atoms with Gasteiger partial charge in [0, 0.05) is 18.3 Å². The average molecular weight is 271 g/mol. The number of hydrogen-bond acceptors (Lipinski definition) is 3. The van der Waals surface area contributed by atoms with E-state index in [4.69, 9.17) is 9.47 Å². The average Bonchev–Trinajstić information content (AvgIpc) is 2.92. The molecule has 1 fully saturated rings. The highest BCUT2D eigenvalue weighted by atomic mass is 16.7. The molecule has 20 heavy (non-hydrogen) atoms. The molecule has 4 aliphatic rings. The van der Waals surface area contributed by atoms with Crippen LogP contribution in [0.3, 0.4) is 0 Å². The van der Waals surface area contributed by atoms with Crippen molar-refractivity contribution in [1.29, 1.82) is 0 Å². The van der Waals surface area contributed by atoms with Crippen molar-refractivity contribution in [2.24, 2.45) is 17.3 Å². The van der Waals surface area contributed by atoms with Crippen LogP contribution >= 0.6 is 0 Å². The fourth-order valence-corrected chi connectivity index (χ4v) is 3.89. The fraction of sp³-hybridized carbons (Fsp3) is 0.529. The van der Waals surface area contributed by atoms with E-state index in [1.165, 1.54) is 12.8 Å². The quantitative estimate of drug-likeness (QED) is 0.848. The first-order chi connectivity index (χ1) is 9.64. The third kappa shape index (κ3) is 1.72. The molecule has 3 nitrogen and oxygen atoms in total. The second-order valence-corrected chi connectivity index (χ2v) is 6.74. The van der Waals surface area contributed by atoms with Gasteiger partial charge in [0.25, 0.3) is 0 Å². The van der Waals surface area contributed by atoms with E-state index in [2.05, 4.69) is 31.3 Å². The fourth-order valence-electron chi connectivity index (χ4n) is 3.89. The molecule has 2 bridgehead atoms. The van der Waals surface area contributed by atoms with E-state index < -0.39 is 0 Å². The molecule has 1 N–H and O–H groups in total. The van der Waals surface area contributed by atoms with Crippen LogP contribution in [0.1, 0.15) is 26.7 Å². The SMILES string of the molecule is CC1(C)[C@@H]2CC=C(CNc3ccc4c(c3)OCO4)[C@@H]1C2. The topological polar surface area (TPSA) is 30.5 Å². The van der Waals surface area contributed by atoms with Crippen LogP contribution in [0.4, 0.5) is 5.69 Å². The molecule has 106 valence electrons. The summed E-state index contributed by atoms with van der Waals surface area (Å²) >= 11 is 0. The Labute approximate surface area is 120 Å². The van der Waals surface area contributed by atoms with Crippen molar-refractivity contribution in [3.05, 3.63) is 29.8 Å². The van der Waals surface area contributed by atoms with E-state index in [0.29, 0.717) is 12.2 Å². The van der Waals surface area contributed by atoms with Gasteiger partial charge in [0.15, 0.2) is 11.5 Å². The standard InChI is InChI=1S/C17H21NO2/c1-17(2)12-4-3-11(14(17)7-12)9-18-13-5-6-15-16(8-13)20-10-19-15/h3,5-6,8,12,14,18H,4,7,9-10H2,1-2H3/t12-,14+/m1/s1. The van der Waals surface area contributed by atoms with Gasteiger partial charge in [-0.25, -0.2) is 0 Å². The minimum absolute atomic E-state index is 0.335. The summed E-state index contributed by atoms with van der Waals surface area (Å²) in [5.41, 5.74) is 3.19. The van der Waals surface area contributed by atoms with Gasteiger partial charge in [0.05, 0.1) is 0 Å². The zero-order chi connectivity index (χ0) is 13.7. The molecule has 0 amide bonds. The molecule has 0 aromatic heterocycles. The van der Waals surface area contributed by atoms with Gasteiger partial charge in [-0.1, -0.05) is 25.5 Å². The summed E-state index contributed by atoms with van der Waals surface area (Å²) < 4.78 is 10.8. The summed E-state index contributed by atoms with van der Waals surface area (Å²) in [5.74, 6) is 3.36. The summed E-state index contributed by atoms with van der Waals surface area (Å²) in [6, 6.07) is 6.06.